The molecular formula is C30H37ClF4N4OS. The molecule has 41 heavy (non-hydrogen) atoms. The summed E-state index contributed by atoms with van der Waals surface area (Å²) in [4.78, 5) is 17.4. The molecular weight excluding hydrogens is 576 g/mol. The third-order valence-corrected chi connectivity index (χ3v) is 10.4. The lowest BCUT2D eigenvalue weighted by Crippen LogP contribution is -2.53. The molecule has 4 atom stereocenters. The average molecular weight is 613 g/mol. The van der Waals surface area contributed by atoms with Crippen LogP contribution < -0.4 is 10.6 Å². The van der Waals surface area contributed by atoms with Crippen LogP contribution >= 0.6 is 23.5 Å². The Morgan fingerprint density at radius 1 is 1.15 bits per heavy atom. The van der Waals surface area contributed by atoms with Crippen LogP contribution in [-0.2, 0) is 11.2 Å². The molecule has 2 aromatic rings. The fourth-order valence-electron chi connectivity index (χ4n) is 6.60. The second kappa shape index (κ2) is 13.6. The monoisotopic (exact) mass is 612 g/mol. The van der Waals surface area contributed by atoms with Crippen molar-refractivity contribution in [2.45, 2.75) is 82.0 Å². The molecule has 5 nitrogen and oxygen atoms in total. The van der Waals surface area contributed by atoms with E-state index in [9.17, 15) is 18.0 Å². The molecule has 5 rings (SSSR count). The molecule has 1 amide bonds. The highest BCUT2D eigenvalue weighted by Gasteiger charge is 2.43. The van der Waals surface area contributed by atoms with Crippen LogP contribution in [0.1, 0.15) is 68.4 Å². The molecule has 3 unspecified atom stereocenters. The van der Waals surface area contributed by atoms with Crippen molar-refractivity contribution < 1.29 is 22.4 Å². The summed E-state index contributed by atoms with van der Waals surface area (Å²) >= 11 is 7.95. The first kappa shape index (κ1) is 30.6. The molecule has 2 N–H and O–H groups in total. The number of hydrogen-bond acceptors (Lipinski definition) is 5. The Morgan fingerprint density at radius 2 is 1.90 bits per heavy atom. The second-order valence-corrected chi connectivity index (χ2v) is 13.2. The standard InChI is InChI=1S/C30H37ClF4N4OS/c31-22-9-5-20(6-10-22)26(19-3-7-21(8-4-19)30(33,34)35)14-29(40)38-28-17-36-16-27(32)25(28)12-11-24-15-37-23-2-1-13-41-39(24)18-23/h5-6,9-10,16-17,19,21,23-24,26,37H,1-4,7-8,11-15,18H2,(H,38,40)/t19?,21?,23-,24?,26?/m1/s1. The number of fused-ring (bicyclic) bond motifs is 2. The lowest BCUT2D eigenvalue weighted by atomic mass is 9.72. The molecule has 2 aliphatic heterocycles. The van der Waals surface area contributed by atoms with Gasteiger partial charge in [0.25, 0.3) is 0 Å². The number of alkyl halides is 3. The van der Waals surface area contributed by atoms with E-state index in [-0.39, 0.29) is 43.0 Å². The first-order valence-corrected chi connectivity index (χ1v) is 15.9. The number of piperazine rings is 1. The lowest BCUT2D eigenvalue weighted by Gasteiger charge is -2.37. The minimum atomic E-state index is -4.19. The minimum Gasteiger partial charge on any atom is -0.324 e. The van der Waals surface area contributed by atoms with Crippen LogP contribution in [-0.4, -0.2) is 52.3 Å². The van der Waals surface area contributed by atoms with E-state index in [1.807, 2.05) is 24.1 Å². The molecule has 3 fully saturated rings. The van der Waals surface area contributed by atoms with Crippen LogP contribution in [0.2, 0.25) is 5.02 Å². The first-order valence-electron chi connectivity index (χ1n) is 14.5. The number of anilines is 1. The van der Waals surface area contributed by atoms with Gasteiger partial charge in [0.1, 0.15) is 5.82 Å². The Kier molecular flexibility index (Phi) is 10.2. The molecule has 2 saturated heterocycles. The van der Waals surface area contributed by atoms with Crippen molar-refractivity contribution in [2.24, 2.45) is 11.8 Å². The molecule has 1 aromatic heterocycles. The Balaban J connectivity index is 1.26. The third-order valence-electron chi connectivity index (χ3n) is 8.92. The number of benzene rings is 1. The Hall–Kier alpha value is -1.88. The van der Waals surface area contributed by atoms with Gasteiger partial charge in [-0.3, -0.25) is 9.78 Å². The van der Waals surface area contributed by atoms with Gasteiger partial charge < -0.3 is 10.6 Å². The normalized spacial score (nSPS) is 27.6. The maximum Gasteiger partial charge on any atom is 0.391 e. The predicted molar refractivity (Wildman–Crippen MR) is 155 cm³/mol. The van der Waals surface area contributed by atoms with Crippen molar-refractivity contribution in [3.05, 3.63) is 58.6 Å². The zero-order chi connectivity index (χ0) is 29.0. The second-order valence-electron chi connectivity index (χ2n) is 11.6. The van der Waals surface area contributed by atoms with E-state index in [2.05, 4.69) is 19.9 Å². The fraction of sp³-hybridized carbons (Fsp3) is 0.600. The molecule has 11 heteroatoms. The minimum absolute atomic E-state index is 0.0594. The van der Waals surface area contributed by atoms with E-state index in [0.29, 0.717) is 41.6 Å². The van der Waals surface area contributed by atoms with Gasteiger partial charge in [-0.2, -0.15) is 13.2 Å². The number of halogens is 5. The van der Waals surface area contributed by atoms with E-state index < -0.39 is 17.9 Å². The predicted octanol–water partition coefficient (Wildman–Crippen LogP) is 7.37. The van der Waals surface area contributed by atoms with Crippen molar-refractivity contribution in [3.63, 3.8) is 0 Å². The first-order chi connectivity index (χ1) is 19.7. The van der Waals surface area contributed by atoms with Gasteiger partial charge in [-0.1, -0.05) is 35.7 Å². The number of hydrogen-bond donors (Lipinski definition) is 2. The van der Waals surface area contributed by atoms with Crippen LogP contribution in [0.5, 0.6) is 0 Å². The Bertz CT molecular complexity index is 1180. The lowest BCUT2D eigenvalue weighted by molar-refractivity contribution is -0.184. The summed E-state index contributed by atoms with van der Waals surface area (Å²) < 4.78 is 57.3. The van der Waals surface area contributed by atoms with Crippen molar-refractivity contribution in [1.29, 1.82) is 0 Å². The molecule has 224 valence electrons. The number of carbonyl (C=O) groups is 1. The number of carbonyl (C=O) groups excluding carboxylic acids is 1. The maximum atomic E-state index is 15.0. The van der Waals surface area contributed by atoms with Crippen LogP contribution in [0.3, 0.4) is 0 Å². The van der Waals surface area contributed by atoms with Gasteiger partial charge in [0.2, 0.25) is 5.91 Å². The molecule has 0 radical (unpaired) electrons. The summed E-state index contributed by atoms with van der Waals surface area (Å²) in [6.45, 7) is 1.83. The summed E-state index contributed by atoms with van der Waals surface area (Å²) in [5.41, 5.74) is 1.66. The number of nitrogens with one attached hydrogen (secondary N) is 2. The Labute approximate surface area is 248 Å². The van der Waals surface area contributed by atoms with Gasteiger partial charge in [-0.25, -0.2) is 8.70 Å². The van der Waals surface area contributed by atoms with E-state index in [1.165, 1.54) is 25.2 Å². The smallest absolute Gasteiger partial charge is 0.324 e. The van der Waals surface area contributed by atoms with Crippen molar-refractivity contribution in [2.75, 3.05) is 24.2 Å². The van der Waals surface area contributed by atoms with E-state index in [1.54, 1.807) is 12.1 Å². The summed E-state index contributed by atoms with van der Waals surface area (Å²) in [6.07, 6.45) is 3.00. The number of rotatable bonds is 8. The topological polar surface area (TPSA) is 57.3 Å². The Morgan fingerprint density at radius 3 is 2.63 bits per heavy atom. The molecule has 1 aromatic carbocycles. The maximum absolute atomic E-state index is 15.0. The van der Waals surface area contributed by atoms with E-state index in [4.69, 9.17) is 11.6 Å². The van der Waals surface area contributed by atoms with Gasteiger partial charge in [0, 0.05) is 47.9 Å². The molecule has 0 spiro atoms. The third kappa shape index (κ3) is 7.94. The van der Waals surface area contributed by atoms with E-state index >= 15 is 4.39 Å². The van der Waals surface area contributed by atoms with Crippen LogP contribution in [0, 0.1) is 17.7 Å². The molecule has 2 bridgehead atoms. The quantitative estimate of drug-likeness (QED) is 0.241. The summed E-state index contributed by atoms with van der Waals surface area (Å²) in [5.74, 6) is -1.30. The average Bonchev–Trinajstić information content (AvgIpc) is 3.14. The molecule has 1 saturated carbocycles. The SMILES string of the molecule is O=C(CC(c1ccc(Cl)cc1)C1CCC(C(F)(F)F)CC1)Nc1cncc(F)c1CCC1CN[C@@H]2CCCSN1C2. The highest BCUT2D eigenvalue weighted by Crippen LogP contribution is 2.45. The van der Waals surface area contributed by atoms with Crippen LogP contribution in [0.4, 0.5) is 23.2 Å². The highest BCUT2D eigenvalue weighted by molar-refractivity contribution is 7.97. The van der Waals surface area contributed by atoms with Gasteiger partial charge in [0.15, 0.2) is 0 Å². The molecule has 1 aliphatic carbocycles. The molecule has 3 heterocycles. The summed E-state index contributed by atoms with van der Waals surface area (Å²) in [6, 6.07) is 7.94. The van der Waals surface area contributed by atoms with Crippen molar-refractivity contribution >= 4 is 35.1 Å². The number of aromatic nitrogens is 1. The van der Waals surface area contributed by atoms with Crippen molar-refractivity contribution in [1.82, 2.24) is 14.6 Å². The zero-order valence-electron chi connectivity index (χ0n) is 22.9. The van der Waals surface area contributed by atoms with Crippen LogP contribution in [0.15, 0.2) is 36.7 Å². The van der Waals surface area contributed by atoms with Gasteiger partial charge in [-0.05, 0) is 80.9 Å². The number of pyridine rings is 1. The van der Waals surface area contributed by atoms with E-state index in [0.717, 1.165) is 30.8 Å². The van der Waals surface area contributed by atoms with Crippen LogP contribution in [0.25, 0.3) is 0 Å². The van der Waals surface area contributed by atoms with Gasteiger partial charge in [0.05, 0.1) is 24.0 Å². The number of amides is 1. The summed E-state index contributed by atoms with van der Waals surface area (Å²) in [5, 5.41) is 7.07. The van der Waals surface area contributed by atoms with Gasteiger partial charge >= 0.3 is 6.18 Å². The summed E-state index contributed by atoms with van der Waals surface area (Å²) in [7, 11) is 0. The fourth-order valence-corrected chi connectivity index (χ4v) is 7.93. The van der Waals surface area contributed by atoms with Gasteiger partial charge in [-0.15, -0.1) is 0 Å². The zero-order valence-corrected chi connectivity index (χ0v) is 24.5. The highest BCUT2D eigenvalue weighted by atomic mass is 35.5. The largest absolute Gasteiger partial charge is 0.391 e. The molecule has 3 aliphatic rings. The van der Waals surface area contributed by atoms with Crippen molar-refractivity contribution in [3.8, 4) is 0 Å². The number of nitrogens with zero attached hydrogens (tertiary/aromatic N) is 2.